The number of carbonyl (C=O) groups is 3. The molecule has 0 saturated heterocycles. The number of hydrogen-bond acceptors (Lipinski definition) is 4. The van der Waals surface area contributed by atoms with Crippen molar-refractivity contribution in [2.24, 2.45) is 17.8 Å². The fourth-order valence-corrected chi connectivity index (χ4v) is 2.72. The number of aliphatic carboxylic acids is 1. The van der Waals surface area contributed by atoms with Gasteiger partial charge in [0.25, 0.3) is 0 Å². The first kappa shape index (κ1) is 17.5. The van der Waals surface area contributed by atoms with E-state index in [0.717, 1.165) is 0 Å². The van der Waals surface area contributed by atoms with Crippen molar-refractivity contribution in [3.8, 4) is 0 Å². The van der Waals surface area contributed by atoms with Gasteiger partial charge in [-0.2, -0.15) is 0 Å². The van der Waals surface area contributed by atoms with Crippen LogP contribution in [0.3, 0.4) is 0 Å². The van der Waals surface area contributed by atoms with Gasteiger partial charge in [-0.15, -0.1) is 0 Å². The summed E-state index contributed by atoms with van der Waals surface area (Å²) in [4.78, 5) is 36.6. The van der Waals surface area contributed by atoms with E-state index in [1.165, 1.54) is 4.90 Å². The van der Waals surface area contributed by atoms with Crippen molar-refractivity contribution in [2.75, 3.05) is 19.7 Å². The molecule has 0 aromatic rings. The summed E-state index contributed by atoms with van der Waals surface area (Å²) in [7, 11) is 0. The quantitative estimate of drug-likeness (QED) is 0.721. The van der Waals surface area contributed by atoms with Gasteiger partial charge >= 0.3 is 11.9 Å². The molecular weight excluding hydrogens is 274 g/mol. The molecule has 6 nitrogen and oxygen atoms in total. The largest absolute Gasteiger partial charge is 0.481 e. The lowest BCUT2D eigenvalue weighted by molar-refractivity contribution is -0.150. The highest BCUT2D eigenvalue weighted by molar-refractivity contribution is 5.84. The SMILES string of the molecule is CCOC(=O)CN(CC(C)C)C(=O)C1CCC(C(=O)O)C1. The first-order valence-electron chi connectivity index (χ1n) is 7.52. The Hall–Kier alpha value is -1.59. The van der Waals surface area contributed by atoms with Crippen molar-refractivity contribution >= 4 is 17.8 Å². The van der Waals surface area contributed by atoms with Crippen LogP contribution in [0, 0.1) is 17.8 Å². The molecule has 120 valence electrons. The predicted octanol–water partition coefficient (Wildman–Crippen LogP) is 1.53. The summed E-state index contributed by atoms with van der Waals surface area (Å²) in [6.45, 7) is 6.37. The third-order valence-electron chi connectivity index (χ3n) is 3.65. The van der Waals surface area contributed by atoms with Crippen LogP contribution < -0.4 is 0 Å². The monoisotopic (exact) mass is 299 g/mol. The lowest BCUT2D eigenvalue weighted by atomic mass is 10.0. The second kappa shape index (κ2) is 8.00. The molecular formula is C15H25NO5. The van der Waals surface area contributed by atoms with Crippen LogP contribution in [0.2, 0.25) is 0 Å². The number of carboxylic acid groups (broad SMARTS) is 1. The van der Waals surface area contributed by atoms with Crippen LogP contribution >= 0.6 is 0 Å². The number of hydrogen-bond donors (Lipinski definition) is 1. The van der Waals surface area contributed by atoms with Crippen molar-refractivity contribution < 1.29 is 24.2 Å². The Kier molecular flexibility index (Phi) is 6.65. The molecule has 1 N–H and O–H groups in total. The van der Waals surface area contributed by atoms with Gasteiger partial charge in [-0.1, -0.05) is 13.8 Å². The van der Waals surface area contributed by atoms with E-state index in [2.05, 4.69) is 0 Å². The number of nitrogens with zero attached hydrogens (tertiary/aromatic N) is 1. The van der Waals surface area contributed by atoms with Gasteiger partial charge in [0.15, 0.2) is 0 Å². The van der Waals surface area contributed by atoms with E-state index in [1.807, 2.05) is 13.8 Å². The van der Waals surface area contributed by atoms with Gasteiger partial charge in [-0.25, -0.2) is 0 Å². The maximum absolute atomic E-state index is 12.5. The molecule has 1 rings (SSSR count). The Bertz CT molecular complexity index is 394. The molecule has 0 aliphatic heterocycles. The molecule has 1 amide bonds. The van der Waals surface area contributed by atoms with Gasteiger partial charge in [0.1, 0.15) is 6.54 Å². The highest BCUT2D eigenvalue weighted by Gasteiger charge is 2.36. The van der Waals surface area contributed by atoms with Crippen molar-refractivity contribution in [3.63, 3.8) is 0 Å². The Labute approximate surface area is 125 Å². The summed E-state index contributed by atoms with van der Waals surface area (Å²) in [6.07, 6.45) is 1.47. The number of carbonyl (C=O) groups excluding carboxylic acids is 2. The number of rotatable bonds is 7. The molecule has 1 aliphatic carbocycles. The number of carboxylic acids is 1. The molecule has 6 heteroatoms. The predicted molar refractivity (Wildman–Crippen MR) is 76.5 cm³/mol. The van der Waals surface area contributed by atoms with Gasteiger partial charge in [-0.3, -0.25) is 14.4 Å². The third kappa shape index (κ3) is 5.36. The minimum Gasteiger partial charge on any atom is -0.481 e. The van der Waals surface area contributed by atoms with E-state index in [-0.39, 0.29) is 30.9 Å². The summed E-state index contributed by atoms with van der Waals surface area (Å²) >= 11 is 0. The number of ether oxygens (including phenoxy) is 1. The zero-order valence-corrected chi connectivity index (χ0v) is 13.0. The molecule has 0 bridgehead atoms. The summed E-state index contributed by atoms with van der Waals surface area (Å²) in [6, 6.07) is 0. The molecule has 1 fully saturated rings. The summed E-state index contributed by atoms with van der Waals surface area (Å²) < 4.78 is 4.90. The Morgan fingerprint density at radius 3 is 2.33 bits per heavy atom. The van der Waals surface area contributed by atoms with Gasteiger partial charge in [0.2, 0.25) is 5.91 Å². The zero-order chi connectivity index (χ0) is 16.0. The summed E-state index contributed by atoms with van der Waals surface area (Å²) in [5, 5.41) is 9.01. The van der Waals surface area contributed by atoms with Gasteiger partial charge in [0, 0.05) is 12.5 Å². The molecule has 2 unspecified atom stereocenters. The second-order valence-electron chi connectivity index (χ2n) is 5.96. The van der Waals surface area contributed by atoms with Crippen molar-refractivity contribution in [1.29, 1.82) is 0 Å². The standard InChI is InChI=1S/C15H25NO5/c1-4-21-13(17)9-16(8-10(2)3)14(18)11-5-6-12(7-11)15(19)20/h10-12H,4-9H2,1-3H3,(H,19,20). The molecule has 0 spiro atoms. The molecule has 1 saturated carbocycles. The number of esters is 1. The molecule has 2 atom stereocenters. The minimum atomic E-state index is -0.842. The van der Waals surface area contributed by atoms with E-state index in [4.69, 9.17) is 9.84 Å². The summed E-state index contributed by atoms with van der Waals surface area (Å²) in [5.41, 5.74) is 0. The van der Waals surface area contributed by atoms with Crippen LogP contribution in [0.4, 0.5) is 0 Å². The van der Waals surface area contributed by atoms with Crippen molar-refractivity contribution in [2.45, 2.75) is 40.0 Å². The van der Waals surface area contributed by atoms with Crippen LogP contribution in [0.25, 0.3) is 0 Å². The Balaban J connectivity index is 2.67. The first-order valence-corrected chi connectivity index (χ1v) is 7.52. The van der Waals surface area contributed by atoms with Gasteiger partial charge in [-0.05, 0) is 32.1 Å². The maximum atomic E-state index is 12.5. The average Bonchev–Trinajstić information content (AvgIpc) is 2.86. The second-order valence-corrected chi connectivity index (χ2v) is 5.96. The van der Waals surface area contributed by atoms with E-state index >= 15 is 0 Å². The van der Waals surface area contributed by atoms with E-state index in [1.54, 1.807) is 6.92 Å². The van der Waals surface area contributed by atoms with Crippen LogP contribution in [-0.4, -0.2) is 47.5 Å². The normalized spacial score (nSPS) is 21.3. The lowest BCUT2D eigenvalue weighted by Crippen LogP contribution is -2.41. The Morgan fingerprint density at radius 1 is 1.24 bits per heavy atom. The molecule has 0 heterocycles. The highest BCUT2D eigenvalue weighted by atomic mass is 16.5. The van der Waals surface area contributed by atoms with E-state index < -0.39 is 17.9 Å². The Morgan fingerprint density at radius 2 is 1.86 bits per heavy atom. The fourth-order valence-electron chi connectivity index (χ4n) is 2.72. The van der Waals surface area contributed by atoms with Crippen LogP contribution in [0.15, 0.2) is 0 Å². The topological polar surface area (TPSA) is 83.9 Å². The van der Waals surface area contributed by atoms with E-state index in [0.29, 0.717) is 25.8 Å². The molecule has 0 aromatic carbocycles. The molecule has 0 radical (unpaired) electrons. The first-order chi connectivity index (χ1) is 9.85. The zero-order valence-electron chi connectivity index (χ0n) is 13.0. The molecule has 0 aromatic heterocycles. The molecule has 21 heavy (non-hydrogen) atoms. The average molecular weight is 299 g/mol. The van der Waals surface area contributed by atoms with Gasteiger partial charge in [0.05, 0.1) is 12.5 Å². The highest BCUT2D eigenvalue weighted by Crippen LogP contribution is 2.32. The van der Waals surface area contributed by atoms with Crippen LogP contribution in [0.5, 0.6) is 0 Å². The lowest BCUT2D eigenvalue weighted by Gasteiger charge is -2.26. The third-order valence-corrected chi connectivity index (χ3v) is 3.65. The minimum absolute atomic E-state index is 0.0565. The van der Waals surface area contributed by atoms with Crippen molar-refractivity contribution in [1.82, 2.24) is 4.90 Å². The summed E-state index contributed by atoms with van der Waals surface area (Å²) in [5.74, 6) is -1.88. The maximum Gasteiger partial charge on any atom is 0.325 e. The van der Waals surface area contributed by atoms with Crippen LogP contribution in [0.1, 0.15) is 40.0 Å². The fraction of sp³-hybridized carbons (Fsp3) is 0.800. The van der Waals surface area contributed by atoms with Crippen LogP contribution in [-0.2, 0) is 19.1 Å². The molecule has 1 aliphatic rings. The van der Waals surface area contributed by atoms with Gasteiger partial charge < -0.3 is 14.7 Å². The smallest absolute Gasteiger partial charge is 0.325 e. The number of amides is 1. The van der Waals surface area contributed by atoms with Crippen molar-refractivity contribution in [3.05, 3.63) is 0 Å². The van der Waals surface area contributed by atoms with E-state index in [9.17, 15) is 14.4 Å².